The summed E-state index contributed by atoms with van der Waals surface area (Å²) in [6, 6.07) is 11.3. The van der Waals surface area contributed by atoms with Gasteiger partial charge in [0.2, 0.25) is 0 Å². The van der Waals surface area contributed by atoms with Crippen LogP contribution in [-0.2, 0) is 11.2 Å². The third kappa shape index (κ3) is 3.75. The molecule has 1 heterocycles. The van der Waals surface area contributed by atoms with Gasteiger partial charge in [-0.05, 0) is 24.1 Å². The predicted molar refractivity (Wildman–Crippen MR) is 82.7 cm³/mol. The molecule has 1 N–H and O–H groups in total. The summed E-state index contributed by atoms with van der Waals surface area (Å²) in [7, 11) is 1.56. The zero-order valence-electron chi connectivity index (χ0n) is 12.7. The Kier molecular flexibility index (Phi) is 4.99. The minimum atomic E-state index is -0.934. The number of hydrogen-bond acceptors (Lipinski definition) is 3. The molecule has 0 aliphatic carbocycles. The average molecular weight is 301 g/mol. The number of amides is 1. The molecule has 0 aliphatic rings. The lowest BCUT2D eigenvalue weighted by molar-refractivity contribution is -0.137. The number of benzene rings is 1. The highest BCUT2D eigenvalue weighted by atomic mass is 16.4. The fraction of sp³-hybridized carbons (Fsp3) is 0.294. The highest BCUT2D eigenvalue weighted by Crippen LogP contribution is 2.23. The van der Waals surface area contributed by atoms with Crippen molar-refractivity contribution in [3.63, 3.8) is 0 Å². The van der Waals surface area contributed by atoms with Crippen molar-refractivity contribution in [3.05, 3.63) is 47.7 Å². The van der Waals surface area contributed by atoms with E-state index in [2.05, 4.69) is 6.92 Å². The number of carboxylic acids is 1. The molecule has 0 radical (unpaired) electrons. The predicted octanol–water partition coefficient (Wildman–Crippen LogP) is 3.06. The fourth-order valence-electron chi connectivity index (χ4n) is 2.07. The largest absolute Gasteiger partial charge is 0.481 e. The van der Waals surface area contributed by atoms with Gasteiger partial charge in [-0.3, -0.25) is 9.59 Å². The molecule has 0 unspecified atom stereocenters. The first-order chi connectivity index (χ1) is 10.5. The molecule has 0 aliphatic heterocycles. The van der Waals surface area contributed by atoms with Crippen LogP contribution in [0.1, 0.15) is 29.5 Å². The summed E-state index contributed by atoms with van der Waals surface area (Å²) in [5.41, 5.74) is 2.14. The van der Waals surface area contributed by atoms with E-state index in [4.69, 9.17) is 9.52 Å². The van der Waals surface area contributed by atoms with E-state index >= 15 is 0 Å². The van der Waals surface area contributed by atoms with E-state index in [9.17, 15) is 9.59 Å². The van der Waals surface area contributed by atoms with Crippen molar-refractivity contribution in [1.82, 2.24) is 4.90 Å². The van der Waals surface area contributed by atoms with Crippen LogP contribution in [0.25, 0.3) is 11.3 Å². The number of carboxylic acid groups (broad SMARTS) is 1. The van der Waals surface area contributed by atoms with Crippen molar-refractivity contribution in [2.75, 3.05) is 13.6 Å². The standard InChI is InChI=1S/C17H19NO4/c1-3-12-4-6-13(7-5-12)14-8-9-15(22-14)17(21)18(2)11-10-16(19)20/h4-9H,3,10-11H2,1-2H3,(H,19,20). The molecule has 0 saturated carbocycles. The third-order valence-electron chi connectivity index (χ3n) is 3.47. The Morgan fingerprint density at radius 1 is 1.14 bits per heavy atom. The van der Waals surface area contributed by atoms with Gasteiger partial charge in [-0.25, -0.2) is 0 Å². The lowest BCUT2D eigenvalue weighted by Gasteiger charge is -2.13. The van der Waals surface area contributed by atoms with Crippen LogP contribution in [0, 0.1) is 0 Å². The maximum absolute atomic E-state index is 12.1. The van der Waals surface area contributed by atoms with Gasteiger partial charge in [-0.1, -0.05) is 31.2 Å². The Bertz CT molecular complexity index is 658. The molecule has 22 heavy (non-hydrogen) atoms. The topological polar surface area (TPSA) is 70.8 Å². The quantitative estimate of drug-likeness (QED) is 0.890. The minimum Gasteiger partial charge on any atom is -0.481 e. The van der Waals surface area contributed by atoms with E-state index in [1.54, 1.807) is 19.2 Å². The van der Waals surface area contributed by atoms with Crippen LogP contribution < -0.4 is 0 Å². The van der Waals surface area contributed by atoms with E-state index in [1.807, 2.05) is 24.3 Å². The number of rotatable bonds is 6. The molecule has 0 atom stereocenters. The number of carbonyl (C=O) groups excluding carboxylic acids is 1. The first kappa shape index (κ1) is 15.8. The number of aliphatic carboxylic acids is 1. The summed E-state index contributed by atoms with van der Waals surface area (Å²) in [4.78, 5) is 24.0. The molecular formula is C17H19NO4. The Hall–Kier alpha value is -2.56. The van der Waals surface area contributed by atoms with Gasteiger partial charge in [0.05, 0.1) is 6.42 Å². The van der Waals surface area contributed by atoms with Crippen LogP contribution in [-0.4, -0.2) is 35.5 Å². The fourth-order valence-corrected chi connectivity index (χ4v) is 2.07. The minimum absolute atomic E-state index is 0.0890. The maximum Gasteiger partial charge on any atom is 0.305 e. The van der Waals surface area contributed by atoms with E-state index in [0.717, 1.165) is 12.0 Å². The summed E-state index contributed by atoms with van der Waals surface area (Å²) in [5, 5.41) is 8.65. The van der Waals surface area contributed by atoms with Crippen LogP contribution in [0.2, 0.25) is 0 Å². The van der Waals surface area contributed by atoms with Crippen molar-refractivity contribution in [1.29, 1.82) is 0 Å². The lowest BCUT2D eigenvalue weighted by atomic mass is 10.1. The second-order valence-corrected chi connectivity index (χ2v) is 5.08. The number of carbonyl (C=O) groups is 2. The van der Waals surface area contributed by atoms with Crippen molar-refractivity contribution in [2.45, 2.75) is 19.8 Å². The van der Waals surface area contributed by atoms with E-state index in [-0.39, 0.29) is 24.6 Å². The summed E-state index contributed by atoms with van der Waals surface area (Å²) in [6.45, 7) is 2.24. The zero-order valence-corrected chi connectivity index (χ0v) is 12.7. The molecule has 1 aromatic carbocycles. The Morgan fingerprint density at radius 2 is 1.82 bits per heavy atom. The van der Waals surface area contributed by atoms with Gasteiger partial charge in [0.15, 0.2) is 5.76 Å². The van der Waals surface area contributed by atoms with Crippen LogP contribution in [0.4, 0.5) is 0 Å². The Balaban J connectivity index is 2.09. The monoisotopic (exact) mass is 301 g/mol. The van der Waals surface area contributed by atoms with E-state index < -0.39 is 5.97 Å². The Morgan fingerprint density at radius 3 is 2.41 bits per heavy atom. The summed E-state index contributed by atoms with van der Waals surface area (Å²) < 4.78 is 5.59. The molecule has 1 amide bonds. The van der Waals surface area contributed by atoms with Crippen molar-refractivity contribution < 1.29 is 19.1 Å². The number of nitrogens with zero attached hydrogens (tertiary/aromatic N) is 1. The first-order valence-corrected chi connectivity index (χ1v) is 7.17. The van der Waals surface area contributed by atoms with Gasteiger partial charge in [-0.2, -0.15) is 0 Å². The van der Waals surface area contributed by atoms with Crippen LogP contribution in [0.3, 0.4) is 0 Å². The number of hydrogen-bond donors (Lipinski definition) is 1. The SMILES string of the molecule is CCc1ccc(-c2ccc(C(=O)N(C)CCC(=O)O)o2)cc1. The maximum atomic E-state index is 12.1. The molecule has 116 valence electrons. The highest BCUT2D eigenvalue weighted by Gasteiger charge is 2.17. The molecule has 2 aromatic rings. The number of aryl methyl sites for hydroxylation is 1. The van der Waals surface area contributed by atoms with Crippen LogP contribution in [0.15, 0.2) is 40.8 Å². The average Bonchev–Trinajstić information content (AvgIpc) is 3.01. The van der Waals surface area contributed by atoms with Crippen molar-refractivity contribution in [2.24, 2.45) is 0 Å². The van der Waals surface area contributed by atoms with Gasteiger partial charge < -0.3 is 14.4 Å². The van der Waals surface area contributed by atoms with Gasteiger partial charge >= 0.3 is 5.97 Å². The molecule has 0 saturated heterocycles. The summed E-state index contributed by atoms with van der Waals surface area (Å²) in [5.74, 6) is -0.423. The van der Waals surface area contributed by atoms with Crippen LogP contribution >= 0.6 is 0 Å². The lowest BCUT2D eigenvalue weighted by Crippen LogP contribution is -2.28. The van der Waals surface area contributed by atoms with Crippen LogP contribution in [0.5, 0.6) is 0 Å². The van der Waals surface area contributed by atoms with Gasteiger partial charge in [0, 0.05) is 19.2 Å². The van der Waals surface area contributed by atoms with E-state index in [1.165, 1.54) is 10.5 Å². The molecule has 0 spiro atoms. The third-order valence-corrected chi connectivity index (χ3v) is 3.47. The Labute approximate surface area is 129 Å². The first-order valence-electron chi connectivity index (χ1n) is 7.17. The van der Waals surface area contributed by atoms with Crippen molar-refractivity contribution >= 4 is 11.9 Å². The smallest absolute Gasteiger partial charge is 0.305 e. The second-order valence-electron chi connectivity index (χ2n) is 5.08. The van der Waals surface area contributed by atoms with E-state index in [0.29, 0.717) is 5.76 Å². The molecule has 0 bridgehead atoms. The zero-order chi connectivity index (χ0) is 16.1. The van der Waals surface area contributed by atoms with Crippen molar-refractivity contribution in [3.8, 4) is 11.3 Å². The molecule has 5 heteroatoms. The van der Waals surface area contributed by atoms with Gasteiger partial charge in [0.1, 0.15) is 5.76 Å². The highest BCUT2D eigenvalue weighted by molar-refractivity contribution is 5.92. The second kappa shape index (κ2) is 6.93. The summed E-state index contributed by atoms with van der Waals surface area (Å²) >= 11 is 0. The molecule has 5 nitrogen and oxygen atoms in total. The molecular weight excluding hydrogens is 282 g/mol. The van der Waals surface area contributed by atoms with Gasteiger partial charge in [-0.15, -0.1) is 0 Å². The molecule has 2 rings (SSSR count). The molecule has 0 fully saturated rings. The molecule has 1 aromatic heterocycles. The summed E-state index contributed by atoms with van der Waals surface area (Å²) in [6.07, 6.45) is 0.880. The number of furan rings is 1. The normalized spacial score (nSPS) is 10.5. The van der Waals surface area contributed by atoms with Gasteiger partial charge in [0.25, 0.3) is 5.91 Å².